The molecule has 0 spiro atoms. The highest BCUT2D eigenvalue weighted by Crippen LogP contribution is 2.31. The number of methoxy groups -OCH3 is 2. The molecule has 4 rings (SSSR count). The van der Waals surface area contributed by atoms with Gasteiger partial charge in [0.25, 0.3) is 5.91 Å². The first-order chi connectivity index (χ1) is 18.9. The van der Waals surface area contributed by atoms with Gasteiger partial charge in [0.2, 0.25) is 0 Å². The van der Waals surface area contributed by atoms with Gasteiger partial charge in [-0.25, -0.2) is 9.18 Å². The standard InChI is InChI=1S/C30H31FN2O6/c1-4-11-39-27-10-6-18(19-5-8-23(30(36)38-3)28(14-19)37-2)13-25(27)29(35)33-22(17-34)12-20-16-32-26-9-7-21(31)15-24(20)26/h5-10,13-16,22,32,34H,4,11-12,17H2,1-3H3,(H,33,35). The van der Waals surface area contributed by atoms with Crippen LogP contribution in [0.15, 0.2) is 60.8 Å². The zero-order valence-corrected chi connectivity index (χ0v) is 22.0. The average Bonchev–Trinajstić information content (AvgIpc) is 3.36. The highest BCUT2D eigenvalue weighted by atomic mass is 19.1. The summed E-state index contributed by atoms with van der Waals surface area (Å²) >= 11 is 0. The fraction of sp³-hybridized carbons (Fsp3) is 0.267. The number of aromatic amines is 1. The number of carbonyl (C=O) groups is 2. The van der Waals surface area contributed by atoms with Crippen LogP contribution in [0.3, 0.4) is 0 Å². The SMILES string of the molecule is CCCOc1ccc(-c2ccc(C(=O)OC)c(OC)c2)cc1C(=O)NC(CO)Cc1c[nH]c2ccc(F)cc12. The first-order valence-electron chi connectivity index (χ1n) is 12.6. The fourth-order valence-electron chi connectivity index (χ4n) is 4.38. The molecule has 0 fully saturated rings. The fourth-order valence-corrected chi connectivity index (χ4v) is 4.38. The molecule has 0 saturated heterocycles. The van der Waals surface area contributed by atoms with Crippen molar-refractivity contribution in [2.24, 2.45) is 0 Å². The first kappa shape index (κ1) is 27.7. The molecule has 0 radical (unpaired) electrons. The van der Waals surface area contributed by atoms with Crippen LogP contribution in [-0.4, -0.2) is 55.4 Å². The molecule has 1 atom stereocenters. The van der Waals surface area contributed by atoms with Crippen molar-refractivity contribution in [3.05, 3.63) is 83.3 Å². The zero-order chi connectivity index (χ0) is 27.9. The molecule has 9 heteroatoms. The summed E-state index contributed by atoms with van der Waals surface area (Å²) in [6.07, 6.45) is 2.80. The predicted molar refractivity (Wildman–Crippen MR) is 146 cm³/mol. The topological polar surface area (TPSA) is 110 Å². The zero-order valence-electron chi connectivity index (χ0n) is 22.0. The molecule has 0 bridgehead atoms. The van der Waals surface area contributed by atoms with Crippen molar-refractivity contribution >= 4 is 22.8 Å². The van der Waals surface area contributed by atoms with E-state index in [4.69, 9.17) is 14.2 Å². The van der Waals surface area contributed by atoms with E-state index in [1.165, 1.54) is 26.4 Å². The van der Waals surface area contributed by atoms with Crippen molar-refractivity contribution in [2.75, 3.05) is 27.4 Å². The van der Waals surface area contributed by atoms with E-state index in [0.717, 1.165) is 23.1 Å². The molecule has 204 valence electrons. The minimum absolute atomic E-state index is 0.285. The van der Waals surface area contributed by atoms with Crippen LogP contribution in [-0.2, 0) is 11.2 Å². The number of amides is 1. The van der Waals surface area contributed by atoms with Crippen LogP contribution in [0.25, 0.3) is 22.0 Å². The van der Waals surface area contributed by atoms with E-state index in [9.17, 15) is 19.1 Å². The summed E-state index contributed by atoms with van der Waals surface area (Å²) in [5.74, 6) is -0.561. The van der Waals surface area contributed by atoms with Crippen LogP contribution in [0, 0.1) is 5.82 Å². The largest absolute Gasteiger partial charge is 0.496 e. The second kappa shape index (κ2) is 12.4. The summed E-state index contributed by atoms with van der Waals surface area (Å²) in [5.41, 5.74) is 3.54. The van der Waals surface area contributed by atoms with Gasteiger partial charge in [-0.3, -0.25) is 4.79 Å². The third-order valence-electron chi connectivity index (χ3n) is 6.38. The number of fused-ring (bicyclic) bond motifs is 1. The Labute approximate surface area is 225 Å². The van der Waals surface area contributed by atoms with Crippen LogP contribution >= 0.6 is 0 Å². The van der Waals surface area contributed by atoms with Gasteiger partial charge >= 0.3 is 5.97 Å². The minimum atomic E-state index is -0.623. The number of aliphatic hydroxyl groups excluding tert-OH is 1. The van der Waals surface area contributed by atoms with E-state index >= 15 is 0 Å². The number of esters is 1. The predicted octanol–water partition coefficient (Wildman–Crippen LogP) is 4.89. The molecule has 3 N–H and O–H groups in total. The molecule has 1 amide bonds. The van der Waals surface area contributed by atoms with Gasteiger partial charge in [-0.2, -0.15) is 0 Å². The van der Waals surface area contributed by atoms with Crippen molar-refractivity contribution in [3.8, 4) is 22.6 Å². The lowest BCUT2D eigenvalue weighted by Crippen LogP contribution is -2.39. The molecule has 39 heavy (non-hydrogen) atoms. The lowest BCUT2D eigenvalue weighted by atomic mass is 9.99. The third-order valence-corrected chi connectivity index (χ3v) is 6.38. The van der Waals surface area contributed by atoms with Crippen LogP contribution in [0.1, 0.15) is 39.6 Å². The van der Waals surface area contributed by atoms with Crippen LogP contribution in [0.4, 0.5) is 4.39 Å². The Morgan fingerprint density at radius 1 is 1.00 bits per heavy atom. The highest BCUT2D eigenvalue weighted by molar-refractivity contribution is 5.99. The summed E-state index contributed by atoms with van der Waals surface area (Å²) in [5, 5.41) is 13.6. The molecule has 8 nitrogen and oxygen atoms in total. The van der Waals surface area contributed by atoms with Gasteiger partial charge in [0.15, 0.2) is 0 Å². The number of H-pyrrole nitrogens is 1. The Hall–Kier alpha value is -4.37. The van der Waals surface area contributed by atoms with E-state index in [1.54, 1.807) is 42.6 Å². The van der Waals surface area contributed by atoms with Gasteiger partial charge in [0.1, 0.15) is 22.9 Å². The minimum Gasteiger partial charge on any atom is -0.496 e. The number of aliphatic hydroxyl groups is 1. The van der Waals surface area contributed by atoms with E-state index in [1.807, 2.05) is 13.0 Å². The number of benzene rings is 3. The van der Waals surface area contributed by atoms with E-state index < -0.39 is 17.9 Å². The summed E-state index contributed by atoms with van der Waals surface area (Å²) in [7, 11) is 2.76. The molecular formula is C30H31FN2O6. The lowest BCUT2D eigenvalue weighted by Gasteiger charge is -2.18. The Morgan fingerprint density at radius 3 is 2.49 bits per heavy atom. The summed E-state index contributed by atoms with van der Waals surface area (Å²) in [4.78, 5) is 28.6. The molecule has 0 aliphatic heterocycles. The summed E-state index contributed by atoms with van der Waals surface area (Å²) < 4.78 is 29.9. The highest BCUT2D eigenvalue weighted by Gasteiger charge is 2.21. The number of hydrogen-bond acceptors (Lipinski definition) is 6. The van der Waals surface area contributed by atoms with Crippen LogP contribution in [0.2, 0.25) is 0 Å². The number of hydrogen-bond donors (Lipinski definition) is 3. The van der Waals surface area contributed by atoms with E-state index in [0.29, 0.717) is 41.0 Å². The van der Waals surface area contributed by atoms with E-state index in [2.05, 4.69) is 10.3 Å². The molecule has 0 aliphatic rings. The molecule has 0 aliphatic carbocycles. The Morgan fingerprint density at radius 2 is 1.77 bits per heavy atom. The number of rotatable bonds is 11. The molecular weight excluding hydrogens is 503 g/mol. The van der Waals surface area contributed by atoms with Gasteiger partial charge in [-0.05, 0) is 72.0 Å². The van der Waals surface area contributed by atoms with Crippen molar-refractivity contribution in [2.45, 2.75) is 25.8 Å². The maximum absolute atomic E-state index is 13.8. The maximum Gasteiger partial charge on any atom is 0.341 e. The molecule has 1 unspecified atom stereocenters. The number of aromatic nitrogens is 1. The number of halogens is 1. The van der Waals surface area contributed by atoms with Crippen molar-refractivity contribution < 1.29 is 33.3 Å². The number of nitrogens with one attached hydrogen (secondary N) is 2. The second-order valence-electron chi connectivity index (χ2n) is 9.03. The Balaban J connectivity index is 1.63. The quantitative estimate of drug-likeness (QED) is 0.236. The van der Waals surface area contributed by atoms with Gasteiger partial charge in [0, 0.05) is 17.1 Å². The lowest BCUT2D eigenvalue weighted by molar-refractivity contribution is 0.0597. The number of carbonyl (C=O) groups excluding carboxylic acids is 2. The van der Waals surface area contributed by atoms with Crippen LogP contribution < -0.4 is 14.8 Å². The molecule has 1 aromatic heterocycles. The van der Waals surface area contributed by atoms with Gasteiger partial charge in [-0.15, -0.1) is 0 Å². The summed E-state index contributed by atoms with van der Waals surface area (Å²) in [6, 6.07) is 14.1. The average molecular weight is 535 g/mol. The smallest absolute Gasteiger partial charge is 0.341 e. The maximum atomic E-state index is 13.8. The Bertz CT molecular complexity index is 1480. The monoisotopic (exact) mass is 534 g/mol. The molecule has 3 aromatic carbocycles. The van der Waals surface area contributed by atoms with Crippen LogP contribution in [0.5, 0.6) is 11.5 Å². The molecule has 4 aromatic rings. The van der Waals surface area contributed by atoms with Gasteiger partial charge in [-0.1, -0.05) is 19.1 Å². The van der Waals surface area contributed by atoms with Crippen molar-refractivity contribution in [1.29, 1.82) is 0 Å². The summed E-state index contributed by atoms with van der Waals surface area (Å²) in [6.45, 7) is 2.07. The van der Waals surface area contributed by atoms with E-state index in [-0.39, 0.29) is 18.0 Å². The van der Waals surface area contributed by atoms with Gasteiger partial charge < -0.3 is 29.6 Å². The molecule has 0 saturated carbocycles. The third kappa shape index (κ3) is 6.21. The molecule has 1 heterocycles. The van der Waals surface area contributed by atoms with Crippen molar-refractivity contribution in [3.63, 3.8) is 0 Å². The second-order valence-corrected chi connectivity index (χ2v) is 9.03. The van der Waals surface area contributed by atoms with Crippen molar-refractivity contribution in [1.82, 2.24) is 10.3 Å². The normalized spacial score (nSPS) is 11.7. The first-order valence-corrected chi connectivity index (χ1v) is 12.6. The Kier molecular flexibility index (Phi) is 8.83. The number of ether oxygens (including phenoxy) is 3. The van der Waals surface area contributed by atoms with Gasteiger partial charge in [0.05, 0.1) is 39.0 Å².